The van der Waals surface area contributed by atoms with Gasteiger partial charge in [-0.05, 0) is 31.2 Å². The predicted octanol–water partition coefficient (Wildman–Crippen LogP) is 2.51. The Morgan fingerprint density at radius 2 is 1.79 bits per heavy atom. The Hall–Kier alpha value is -3.33. The van der Waals surface area contributed by atoms with E-state index in [9.17, 15) is 9.59 Å². The van der Waals surface area contributed by atoms with Crippen molar-refractivity contribution in [2.45, 2.75) is 13.0 Å². The molecule has 6 nitrogen and oxygen atoms in total. The summed E-state index contributed by atoms with van der Waals surface area (Å²) in [5.41, 5.74) is 0.699. The third-order valence-electron chi connectivity index (χ3n) is 3.08. The lowest BCUT2D eigenvalue weighted by atomic mass is 10.2. The van der Waals surface area contributed by atoms with Gasteiger partial charge in [-0.15, -0.1) is 0 Å². The van der Waals surface area contributed by atoms with E-state index in [1.165, 1.54) is 6.92 Å². The molecule has 1 amide bonds. The number of benzene rings is 2. The van der Waals surface area contributed by atoms with Crippen LogP contribution in [-0.4, -0.2) is 24.6 Å². The molecule has 2 rings (SSSR count). The fourth-order valence-electron chi connectivity index (χ4n) is 1.87. The molecule has 0 saturated carbocycles. The smallest absolute Gasteiger partial charge is 0.344 e. The summed E-state index contributed by atoms with van der Waals surface area (Å²) in [6.07, 6.45) is -1.01. The van der Waals surface area contributed by atoms with Crippen LogP contribution in [0.25, 0.3) is 0 Å². The Morgan fingerprint density at radius 1 is 1.12 bits per heavy atom. The number of anilines is 1. The van der Waals surface area contributed by atoms with Crippen LogP contribution < -0.4 is 10.1 Å². The average molecular weight is 324 g/mol. The first kappa shape index (κ1) is 17.0. The van der Waals surface area contributed by atoms with Gasteiger partial charge in [-0.25, -0.2) is 4.79 Å². The average Bonchev–Trinajstić information content (AvgIpc) is 2.61. The van der Waals surface area contributed by atoms with E-state index in [-0.39, 0.29) is 6.61 Å². The number of esters is 1. The predicted molar refractivity (Wildman–Crippen MR) is 87.3 cm³/mol. The molecule has 0 saturated heterocycles. The second kappa shape index (κ2) is 8.34. The topological polar surface area (TPSA) is 88.4 Å². The van der Waals surface area contributed by atoms with Crippen molar-refractivity contribution in [3.63, 3.8) is 0 Å². The number of para-hydroxylation sites is 2. The van der Waals surface area contributed by atoms with Crippen LogP contribution in [0, 0.1) is 11.3 Å². The second-order valence-corrected chi connectivity index (χ2v) is 4.88. The fourth-order valence-corrected chi connectivity index (χ4v) is 1.87. The van der Waals surface area contributed by atoms with Crippen LogP contribution in [0.3, 0.4) is 0 Å². The van der Waals surface area contributed by atoms with Gasteiger partial charge in [0.25, 0.3) is 5.91 Å². The Bertz CT molecular complexity index is 753. The molecular weight excluding hydrogens is 308 g/mol. The molecule has 0 aromatic heterocycles. The highest BCUT2D eigenvalue weighted by Crippen LogP contribution is 2.14. The van der Waals surface area contributed by atoms with Crippen molar-refractivity contribution in [1.29, 1.82) is 5.26 Å². The van der Waals surface area contributed by atoms with Crippen molar-refractivity contribution in [3.05, 3.63) is 60.2 Å². The Kier molecular flexibility index (Phi) is 5.92. The number of carbonyl (C=O) groups is 2. The number of nitrogens with one attached hydrogen (secondary N) is 1. The molecule has 0 aliphatic carbocycles. The van der Waals surface area contributed by atoms with Crippen LogP contribution in [0.2, 0.25) is 0 Å². The minimum Gasteiger partial charge on any atom is -0.482 e. The monoisotopic (exact) mass is 324 g/mol. The minimum atomic E-state index is -1.01. The first-order valence-electron chi connectivity index (χ1n) is 7.27. The van der Waals surface area contributed by atoms with Crippen LogP contribution in [0.15, 0.2) is 54.6 Å². The van der Waals surface area contributed by atoms with Gasteiger partial charge in [0.15, 0.2) is 12.7 Å². The maximum Gasteiger partial charge on any atom is 0.344 e. The third-order valence-corrected chi connectivity index (χ3v) is 3.08. The zero-order valence-electron chi connectivity index (χ0n) is 13.1. The molecule has 6 heteroatoms. The molecule has 1 N–H and O–H groups in total. The van der Waals surface area contributed by atoms with Crippen molar-refractivity contribution in [3.8, 4) is 11.8 Å². The molecule has 2 aromatic carbocycles. The molecule has 0 aliphatic rings. The number of amides is 1. The summed E-state index contributed by atoms with van der Waals surface area (Å²) in [6.45, 7) is 1.15. The summed E-state index contributed by atoms with van der Waals surface area (Å²) in [6, 6.07) is 17.4. The van der Waals surface area contributed by atoms with E-state index in [0.717, 1.165) is 0 Å². The van der Waals surface area contributed by atoms with Gasteiger partial charge in [0.1, 0.15) is 11.8 Å². The normalized spacial score (nSPS) is 11.0. The van der Waals surface area contributed by atoms with Crippen LogP contribution in [0.4, 0.5) is 5.69 Å². The molecule has 0 heterocycles. The molecule has 2 aromatic rings. The van der Waals surface area contributed by atoms with Gasteiger partial charge in [-0.1, -0.05) is 30.3 Å². The zero-order chi connectivity index (χ0) is 17.4. The van der Waals surface area contributed by atoms with Gasteiger partial charge in [-0.3, -0.25) is 4.79 Å². The van der Waals surface area contributed by atoms with Gasteiger partial charge in [0.2, 0.25) is 0 Å². The van der Waals surface area contributed by atoms with Crippen molar-refractivity contribution in [2.24, 2.45) is 0 Å². The molecule has 122 valence electrons. The van der Waals surface area contributed by atoms with Crippen LogP contribution in [0.5, 0.6) is 5.75 Å². The lowest BCUT2D eigenvalue weighted by Crippen LogP contribution is -2.31. The SMILES string of the molecule is CC(OC(=O)COc1ccccc1)C(=O)Nc1ccccc1C#N. The molecule has 1 unspecified atom stereocenters. The number of rotatable bonds is 6. The van der Waals surface area contributed by atoms with Gasteiger partial charge >= 0.3 is 5.97 Å². The Labute approximate surface area is 139 Å². The highest BCUT2D eigenvalue weighted by molar-refractivity contribution is 5.96. The molecular formula is C18H16N2O4. The number of hydrogen-bond acceptors (Lipinski definition) is 5. The quantitative estimate of drug-likeness (QED) is 0.825. The standard InChI is InChI=1S/C18H16N2O4/c1-13(18(22)20-16-10-6-5-7-14(16)11-19)24-17(21)12-23-15-8-3-2-4-9-15/h2-10,13H,12H2,1H3,(H,20,22). The van der Waals surface area contributed by atoms with Crippen molar-refractivity contribution < 1.29 is 19.1 Å². The summed E-state index contributed by atoms with van der Waals surface area (Å²) in [5.74, 6) is -0.643. The van der Waals surface area contributed by atoms with Gasteiger partial charge < -0.3 is 14.8 Å². The molecule has 24 heavy (non-hydrogen) atoms. The second-order valence-electron chi connectivity index (χ2n) is 4.88. The molecule has 0 aliphatic heterocycles. The van der Waals surface area contributed by atoms with Crippen LogP contribution in [0.1, 0.15) is 12.5 Å². The highest BCUT2D eigenvalue weighted by Gasteiger charge is 2.19. The van der Waals surface area contributed by atoms with Gasteiger partial charge in [0, 0.05) is 0 Å². The molecule has 0 fully saturated rings. The summed E-state index contributed by atoms with van der Waals surface area (Å²) in [7, 11) is 0. The zero-order valence-corrected chi connectivity index (χ0v) is 13.1. The van der Waals surface area contributed by atoms with Crippen molar-refractivity contribution in [2.75, 3.05) is 11.9 Å². The first-order chi connectivity index (χ1) is 11.6. The maximum absolute atomic E-state index is 12.1. The van der Waals surface area contributed by atoms with E-state index in [0.29, 0.717) is 17.0 Å². The van der Waals surface area contributed by atoms with Crippen LogP contribution >= 0.6 is 0 Å². The Balaban J connectivity index is 1.85. The number of ether oxygens (including phenoxy) is 2. The minimum absolute atomic E-state index is 0.295. The van der Waals surface area contributed by atoms with E-state index < -0.39 is 18.0 Å². The summed E-state index contributed by atoms with van der Waals surface area (Å²) >= 11 is 0. The summed E-state index contributed by atoms with van der Waals surface area (Å²) < 4.78 is 10.3. The third kappa shape index (κ3) is 4.85. The van der Waals surface area contributed by atoms with Gasteiger partial charge in [-0.2, -0.15) is 5.26 Å². The summed E-state index contributed by atoms with van der Waals surface area (Å²) in [4.78, 5) is 23.8. The van der Waals surface area contributed by atoms with E-state index in [1.807, 2.05) is 12.1 Å². The molecule has 0 radical (unpaired) electrons. The highest BCUT2D eigenvalue weighted by atomic mass is 16.6. The summed E-state index contributed by atoms with van der Waals surface area (Å²) in [5, 5.41) is 11.6. The first-order valence-corrected chi connectivity index (χ1v) is 7.27. The lowest BCUT2D eigenvalue weighted by molar-refractivity contribution is -0.155. The van der Waals surface area contributed by atoms with Gasteiger partial charge in [0.05, 0.1) is 11.3 Å². The Morgan fingerprint density at radius 3 is 2.50 bits per heavy atom. The lowest BCUT2D eigenvalue weighted by Gasteiger charge is -2.14. The number of nitriles is 1. The van der Waals surface area contributed by atoms with Crippen molar-refractivity contribution in [1.82, 2.24) is 0 Å². The molecule has 0 bridgehead atoms. The van der Waals surface area contributed by atoms with E-state index in [1.54, 1.807) is 48.5 Å². The largest absolute Gasteiger partial charge is 0.482 e. The number of hydrogen-bond donors (Lipinski definition) is 1. The van der Waals surface area contributed by atoms with Crippen molar-refractivity contribution >= 4 is 17.6 Å². The maximum atomic E-state index is 12.1. The molecule has 0 spiro atoms. The number of nitrogens with zero attached hydrogens (tertiary/aromatic N) is 1. The van der Waals surface area contributed by atoms with Crippen LogP contribution in [-0.2, 0) is 14.3 Å². The van der Waals surface area contributed by atoms with E-state index in [4.69, 9.17) is 14.7 Å². The fraction of sp³-hybridized carbons (Fsp3) is 0.167. The van der Waals surface area contributed by atoms with E-state index >= 15 is 0 Å². The number of carbonyl (C=O) groups excluding carboxylic acids is 2. The van der Waals surface area contributed by atoms with E-state index in [2.05, 4.69) is 5.32 Å². The molecule has 1 atom stereocenters.